The molecule has 4 nitrogen and oxygen atoms in total. The predicted octanol–water partition coefficient (Wildman–Crippen LogP) is 4.20. The molecule has 102 valence electrons. The first kappa shape index (κ1) is 13.8. The van der Waals surface area contributed by atoms with Crippen LogP contribution in [0.15, 0.2) is 44.7 Å². The second-order valence-corrected chi connectivity index (χ2v) is 7.34. The summed E-state index contributed by atoms with van der Waals surface area (Å²) in [6.45, 7) is 2.06. The van der Waals surface area contributed by atoms with Gasteiger partial charge in [-0.05, 0) is 31.2 Å². The number of rotatable bonds is 3. The van der Waals surface area contributed by atoms with E-state index < -0.39 is 0 Å². The lowest BCUT2D eigenvalue weighted by molar-refractivity contribution is 1.08. The van der Waals surface area contributed by atoms with E-state index in [4.69, 9.17) is 5.84 Å². The molecule has 3 N–H and O–H groups in total. The summed E-state index contributed by atoms with van der Waals surface area (Å²) in [6.07, 6.45) is 0. The molecule has 1 aromatic carbocycles. The number of anilines is 1. The smallest absolute Gasteiger partial charge is 0.239 e. The SMILES string of the molecule is Cc1cc2c(Sc3cccc(Br)c3)nc(NN)nc2s1. The molecule has 0 spiro atoms. The molecule has 0 aliphatic carbocycles. The van der Waals surface area contributed by atoms with Crippen molar-refractivity contribution in [3.8, 4) is 0 Å². The maximum absolute atomic E-state index is 5.45. The number of fused-ring (bicyclic) bond motifs is 1. The standard InChI is InChI=1S/C13H11BrN4S2/c1-7-5-10-11(19-7)16-13(18-15)17-12(10)20-9-4-2-3-8(14)6-9/h2-6H,15H2,1H3,(H,16,17,18). The molecule has 20 heavy (non-hydrogen) atoms. The Bertz CT molecular complexity index is 772. The zero-order valence-electron chi connectivity index (χ0n) is 10.6. The van der Waals surface area contributed by atoms with Gasteiger partial charge in [-0.15, -0.1) is 11.3 Å². The number of benzene rings is 1. The molecule has 2 heterocycles. The quantitative estimate of drug-likeness (QED) is 0.413. The van der Waals surface area contributed by atoms with Crippen LogP contribution in [0.2, 0.25) is 0 Å². The number of thiophene rings is 1. The summed E-state index contributed by atoms with van der Waals surface area (Å²) in [5.41, 5.74) is 2.53. The largest absolute Gasteiger partial charge is 0.292 e. The van der Waals surface area contributed by atoms with Gasteiger partial charge < -0.3 is 0 Å². The lowest BCUT2D eigenvalue weighted by atomic mass is 10.4. The Morgan fingerprint density at radius 1 is 1.30 bits per heavy atom. The third-order valence-electron chi connectivity index (χ3n) is 2.62. The van der Waals surface area contributed by atoms with Gasteiger partial charge in [-0.2, -0.15) is 0 Å². The molecule has 0 unspecified atom stereocenters. The van der Waals surface area contributed by atoms with Crippen LogP contribution in [0.1, 0.15) is 4.88 Å². The average molecular weight is 367 g/mol. The number of nitrogens with one attached hydrogen (secondary N) is 1. The van der Waals surface area contributed by atoms with Crippen LogP contribution >= 0.6 is 39.0 Å². The van der Waals surface area contributed by atoms with Gasteiger partial charge in [0, 0.05) is 19.6 Å². The first-order valence-electron chi connectivity index (χ1n) is 5.84. The Balaban J connectivity index is 2.09. The number of halogens is 1. The van der Waals surface area contributed by atoms with Crippen molar-refractivity contribution in [2.24, 2.45) is 5.84 Å². The second kappa shape index (κ2) is 5.69. The number of hydrazine groups is 1. The Morgan fingerprint density at radius 3 is 2.90 bits per heavy atom. The highest BCUT2D eigenvalue weighted by Gasteiger charge is 2.11. The fourth-order valence-electron chi connectivity index (χ4n) is 1.80. The molecule has 0 fully saturated rings. The highest BCUT2D eigenvalue weighted by molar-refractivity contribution is 9.10. The molecule has 0 saturated carbocycles. The van der Waals surface area contributed by atoms with Gasteiger partial charge in [-0.25, -0.2) is 15.8 Å². The van der Waals surface area contributed by atoms with Crippen LogP contribution in [0.25, 0.3) is 10.2 Å². The number of nitrogen functional groups attached to an aromatic ring is 1. The van der Waals surface area contributed by atoms with Crippen molar-refractivity contribution in [1.82, 2.24) is 9.97 Å². The molecule has 0 aliphatic heterocycles. The fourth-order valence-corrected chi connectivity index (χ4v) is 4.25. The van der Waals surface area contributed by atoms with Crippen LogP contribution in [0, 0.1) is 6.92 Å². The molecule has 0 amide bonds. The molecule has 3 aromatic rings. The zero-order valence-corrected chi connectivity index (χ0v) is 13.8. The minimum Gasteiger partial charge on any atom is -0.292 e. The van der Waals surface area contributed by atoms with Crippen molar-refractivity contribution in [1.29, 1.82) is 0 Å². The van der Waals surface area contributed by atoms with Crippen molar-refractivity contribution in [2.75, 3.05) is 5.43 Å². The van der Waals surface area contributed by atoms with E-state index >= 15 is 0 Å². The second-order valence-electron chi connectivity index (χ2n) is 4.13. The number of aromatic nitrogens is 2. The molecule has 7 heteroatoms. The van der Waals surface area contributed by atoms with E-state index in [2.05, 4.69) is 56.4 Å². The van der Waals surface area contributed by atoms with E-state index in [0.717, 1.165) is 24.6 Å². The Morgan fingerprint density at radius 2 is 2.15 bits per heavy atom. The Labute approximate surface area is 132 Å². The maximum atomic E-state index is 5.45. The minimum absolute atomic E-state index is 0.442. The van der Waals surface area contributed by atoms with Gasteiger partial charge in [0.1, 0.15) is 9.86 Å². The molecule has 0 atom stereocenters. The van der Waals surface area contributed by atoms with Crippen LogP contribution < -0.4 is 11.3 Å². The van der Waals surface area contributed by atoms with Crippen molar-refractivity contribution in [3.05, 3.63) is 39.7 Å². The van der Waals surface area contributed by atoms with Crippen LogP contribution in [0.5, 0.6) is 0 Å². The molecule has 2 aromatic heterocycles. The normalized spacial score (nSPS) is 10.9. The van der Waals surface area contributed by atoms with E-state index in [1.54, 1.807) is 23.1 Å². The fraction of sp³-hybridized carbons (Fsp3) is 0.0769. The summed E-state index contributed by atoms with van der Waals surface area (Å²) in [6, 6.07) is 10.2. The number of hydrogen-bond donors (Lipinski definition) is 2. The topological polar surface area (TPSA) is 63.8 Å². The van der Waals surface area contributed by atoms with Crippen LogP contribution in [0.4, 0.5) is 5.95 Å². The summed E-state index contributed by atoms with van der Waals surface area (Å²) in [5.74, 6) is 5.89. The van der Waals surface area contributed by atoms with E-state index in [1.807, 2.05) is 12.1 Å². The van der Waals surface area contributed by atoms with E-state index in [0.29, 0.717) is 5.95 Å². The summed E-state index contributed by atoms with van der Waals surface area (Å²) >= 11 is 6.73. The van der Waals surface area contributed by atoms with Crippen molar-refractivity contribution < 1.29 is 0 Å². The van der Waals surface area contributed by atoms with Gasteiger partial charge in [0.15, 0.2) is 0 Å². The zero-order chi connectivity index (χ0) is 14.1. The van der Waals surface area contributed by atoms with Crippen LogP contribution in [0.3, 0.4) is 0 Å². The molecule has 0 radical (unpaired) electrons. The monoisotopic (exact) mass is 366 g/mol. The van der Waals surface area contributed by atoms with Crippen molar-refractivity contribution in [2.45, 2.75) is 16.8 Å². The van der Waals surface area contributed by atoms with Gasteiger partial charge in [-0.3, -0.25) is 5.43 Å². The summed E-state index contributed by atoms with van der Waals surface area (Å²) < 4.78 is 1.05. The highest BCUT2D eigenvalue weighted by atomic mass is 79.9. The molecular weight excluding hydrogens is 356 g/mol. The Kier molecular flexibility index (Phi) is 3.93. The Hall–Kier alpha value is -1.15. The lowest BCUT2D eigenvalue weighted by Crippen LogP contribution is -2.10. The van der Waals surface area contributed by atoms with Gasteiger partial charge in [0.05, 0.1) is 0 Å². The summed E-state index contributed by atoms with van der Waals surface area (Å²) in [4.78, 5) is 12.1. The highest BCUT2D eigenvalue weighted by Crippen LogP contribution is 2.36. The molecule has 0 aliphatic rings. The minimum atomic E-state index is 0.442. The first-order valence-corrected chi connectivity index (χ1v) is 8.26. The van der Waals surface area contributed by atoms with Gasteiger partial charge in [0.2, 0.25) is 5.95 Å². The lowest BCUT2D eigenvalue weighted by Gasteiger charge is -2.05. The number of nitrogens with two attached hydrogens (primary N) is 1. The molecule has 3 rings (SSSR count). The van der Waals surface area contributed by atoms with E-state index in [9.17, 15) is 0 Å². The molecule has 0 saturated heterocycles. The van der Waals surface area contributed by atoms with E-state index in [-0.39, 0.29) is 0 Å². The number of aryl methyl sites for hydroxylation is 1. The van der Waals surface area contributed by atoms with Gasteiger partial charge in [0.25, 0.3) is 0 Å². The van der Waals surface area contributed by atoms with Crippen LogP contribution in [-0.4, -0.2) is 9.97 Å². The third kappa shape index (κ3) is 2.80. The predicted molar refractivity (Wildman–Crippen MR) is 88.2 cm³/mol. The van der Waals surface area contributed by atoms with Gasteiger partial charge >= 0.3 is 0 Å². The third-order valence-corrected chi connectivity index (χ3v) is 5.05. The molecule has 0 bridgehead atoms. The summed E-state index contributed by atoms with van der Waals surface area (Å²) in [7, 11) is 0. The van der Waals surface area contributed by atoms with Crippen molar-refractivity contribution in [3.63, 3.8) is 0 Å². The molecular formula is C13H11BrN4S2. The first-order chi connectivity index (χ1) is 9.65. The van der Waals surface area contributed by atoms with Gasteiger partial charge in [-0.1, -0.05) is 33.8 Å². The van der Waals surface area contributed by atoms with Crippen molar-refractivity contribution >= 4 is 55.2 Å². The average Bonchev–Trinajstić information content (AvgIpc) is 2.79. The van der Waals surface area contributed by atoms with Crippen LogP contribution in [-0.2, 0) is 0 Å². The van der Waals surface area contributed by atoms with E-state index in [1.165, 1.54) is 4.88 Å². The summed E-state index contributed by atoms with van der Waals surface area (Å²) in [5, 5.41) is 1.97. The number of hydrogen-bond acceptors (Lipinski definition) is 6. The number of nitrogens with zero attached hydrogens (tertiary/aromatic N) is 2. The maximum Gasteiger partial charge on any atom is 0.239 e.